The van der Waals surface area contributed by atoms with Crippen LogP contribution in [0.1, 0.15) is 22.7 Å². The fourth-order valence-electron chi connectivity index (χ4n) is 4.37. The number of Topliss-reactive ketones (excluding diaryl/α,β-unsaturated/α-hetero) is 1. The summed E-state index contributed by atoms with van der Waals surface area (Å²) in [4.78, 5) is 27.9. The van der Waals surface area contributed by atoms with Gasteiger partial charge in [-0.15, -0.1) is 0 Å². The molecule has 0 bridgehead atoms. The molecule has 2 heterocycles. The largest absolute Gasteiger partial charge is 0.507 e. The number of hydrogen-bond donors (Lipinski definition) is 1. The summed E-state index contributed by atoms with van der Waals surface area (Å²) in [7, 11) is 0. The summed E-state index contributed by atoms with van der Waals surface area (Å²) in [5, 5.41) is 11.3. The van der Waals surface area contributed by atoms with Gasteiger partial charge in [-0.05, 0) is 47.9 Å². The lowest BCUT2D eigenvalue weighted by molar-refractivity contribution is -0.139. The summed E-state index contributed by atoms with van der Waals surface area (Å²) in [6.07, 6.45) is 0.586. The van der Waals surface area contributed by atoms with Gasteiger partial charge in [0, 0.05) is 16.6 Å². The third kappa shape index (κ3) is 4.19. The number of halogens is 1. The number of ketones is 1. The average Bonchev–Trinajstić information content (AvgIpc) is 3.12. The quantitative estimate of drug-likeness (QED) is 0.295. The standard InChI is InChI=1S/C27H22BrNO5/c28-20-8-4-7-18(15-20)24-23(25(30)19-9-10-21-22(16-19)34-14-13-33-21)26(31)27(32)29(24)12-11-17-5-2-1-3-6-17/h1-10,15-16,24,30H,11-14H2. The second kappa shape index (κ2) is 9.35. The van der Waals surface area contributed by atoms with Crippen LogP contribution in [-0.4, -0.2) is 41.5 Å². The molecule has 1 N–H and O–H groups in total. The molecule has 2 aliphatic rings. The molecular weight excluding hydrogens is 498 g/mol. The molecule has 1 saturated heterocycles. The number of carbonyl (C=O) groups is 2. The molecule has 5 rings (SSSR count). The van der Waals surface area contributed by atoms with Crippen LogP contribution in [0.25, 0.3) is 5.76 Å². The predicted octanol–water partition coefficient (Wildman–Crippen LogP) is 4.88. The van der Waals surface area contributed by atoms with Gasteiger partial charge in [0.1, 0.15) is 19.0 Å². The van der Waals surface area contributed by atoms with Crippen LogP contribution in [0.5, 0.6) is 11.5 Å². The number of ether oxygens (including phenoxy) is 2. The van der Waals surface area contributed by atoms with E-state index in [1.54, 1.807) is 23.1 Å². The zero-order valence-electron chi connectivity index (χ0n) is 18.2. The molecule has 34 heavy (non-hydrogen) atoms. The van der Waals surface area contributed by atoms with Gasteiger partial charge in [0.2, 0.25) is 0 Å². The molecule has 1 atom stereocenters. The Hall–Kier alpha value is -3.58. The lowest BCUT2D eigenvalue weighted by atomic mass is 9.95. The topological polar surface area (TPSA) is 76.1 Å². The molecule has 2 aliphatic heterocycles. The number of carbonyl (C=O) groups excluding carboxylic acids is 2. The van der Waals surface area contributed by atoms with Crippen LogP contribution in [0.15, 0.2) is 82.8 Å². The van der Waals surface area contributed by atoms with Crippen LogP contribution in [0.4, 0.5) is 0 Å². The van der Waals surface area contributed by atoms with Crippen molar-refractivity contribution >= 4 is 33.4 Å². The van der Waals surface area contributed by atoms with E-state index >= 15 is 0 Å². The Morgan fingerprint density at radius 2 is 1.71 bits per heavy atom. The Labute approximate surface area is 205 Å². The van der Waals surface area contributed by atoms with Gasteiger partial charge < -0.3 is 19.5 Å². The van der Waals surface area contributed by atoms with Crippen molar-refractivity contribution in [1.82, 2.24) is 4.90 Å². The Bertz CT molecular complexity index is 1290. The molecule has 7 heteroatoms. The zero-order chi connectivity index (χ0) is 23.7. The SMILES string of the molecule is O=C1C(=O)N(CCc2ccccc2)C(c2cccc(Br)c2)C1=C(O)c1ccc2c(c1)OCCO2. The van der Waals surface area contributed by atoms with Crippen molar-refractivity contribution in [3.05, 3.63) is 99.5 Å². The van der Waals surface area contributed by atoms with E-state index in [9.17, 15) is 14.7 Å². The molecule has 0 radical (unpaired) electrons. The lowest BCUT2D eigenvalue weighted by Gasteiger charge is -2.25. The summed E-state index contributed by atoms with van der Waals surface area (Å²) in [5.74, 6) is -0.491. The van der Waals surface area contributed by atoms with Crippen molar-refractivity contribution < 1.29 is 24.2 Å². The molecule has 1 amide bonds. The third-order valence-electron chi connectivity index (χ3n) is 6.00. The van der Waals surface area contributed by atoms with Gasteiger partial charge in [-0.2, -0.15) is 0 Å². The summed E-state index contributed by atoms with van der Waals surface area (Å²) < 4.78 is 12.0. The van der Waals surface area contributed by atoms with Crippen molar-refractivity contribution in [3.8, 4) is 11.5 Å². The highest BCUT2D eigenvalue weighted by molar-refractivity contribution is 9.10. The number of benzene rings is 3. The first-order valence-electron chi connectivity index (χ1n) is 11.0. The second-order valence-electron chi connectivity index (χ2n) is 8.14. The van der Waals surface area contributed by atoms with Gasteiger partial charge in [-0.3, -0.25) is 9.59 Å². The maximum Gasteiger partial charge on any atom is 0.295 e. The maximum absolute atomic E-state index is 13.2. The van der Waals surface area contributed by atoms with E-state index in [0.717, 1.165) is 15.6 Å². The lowest BCUT2D eigenvalue weighted by Crippen LogP contribution is -2.31. The molecule has 0 saturated carbocycles. The van der Waals surface area contributed by atoms with Gasteiger partial charge in [0.05, 0.1) is 11.6 Å². The van der Waals surface area contributed by atoms with Gasteiger partial charge in [0.25, 0.3) is 11.7 Å². The van der Waals surface area contributed by atoms with Gasteiger partial charge in [0.15, 0.2) is 11.5 Å². The summed E-state index contributed by atoms with van der Waals surface area (Å²) in [6, 6.07) is 21.5. The van der Waals surface area contributed by atoms with Crippen molar-refractivity contribution in [3.63, 3.8) is 0 Å². The highest BCUT2D eigenvalue weighted by Crippen LogP contribution is 2.41. The van der Waals surface area contributed by atoms with E-state index < -0.39 is 17.7 Å². The van der Waals surface area contributed by atoms with E-state index in [4.69, 9.17) is 9.47 Å². The van der Waals surface area contributed by atoms with E-state index in [1.165, 1.54) is 0 Å². The highest BCUT2D eigenvalue weighted by Gasteiger charge is 2.46. The first kappa shape index (κ1) is 22.2. The normalized spacial score (nSPS) is 18.9. The number of amides is 1. The minimum atomic E-state index is -0.714. The van der Waals surface area contributed by atoms with Crippen molar-refractivity contribution in [2.45, 2.75) is 12.5 Å². The molecule has 0 aliphatic carbocycles. The number of nitrogens with zero attached hydrogens (tertiary/aromatic N) is 1. The average molecular weight is 520 g/mol. The number of rotatable bonds is 5. The van der Waals surface area contributed by atoms with Crippen molar-refractivity contribution in [2.75, 3.05) is 19.8 Å². The van der Waals surface area contributed by atoms with Crippen LogP contribution in [0.2, 0.25) is 0 Å². The number of likely N-dealkylation sites (tertiary alicyclic amines) is 1. The molecule has 1 fully saturated rings. The van der Waals surface area contributed by atoms with Crippen LogP contribution >= 0.6 is 15.9 Å². The molecule has 0 spiro atoms. The highest BCUT2D eigenvalue weighted by atomic mass is 79.9. The van der Waals surface area contributed by atoms with Crippen molar-refractivity contribution in [1.29, 1.82) is 0 Å². The number of aliphatic hydroxyl groups excluding tert-OH is 1. The van der Waals surface area contributed by atoms with Gasteiger partial charge >= 0.3 is 0 Å². The maximum atomic E-state index is 13.2. The fraction of sp³-hybridized carbons (Fsp3) is 0.185. The van der Waals surface area contributed by atoms with Gasteiger partial charge in [-0.1, -0.05) is 58.4 Å². The molecular formula is C27H22BrNO5. The molecule has 1 unspecified atom stereocenters. The van der Waals surface area contributed by atoms with Crippen LogP contribution in [0.3, 0.4) is 0 Å². The Morgan fingerprint density at radius 3 is 2.47 bits per heavy atom. The van der Waals surface area contributed by atoms with Crippen LogP contribution in [0, 0.1) is 0 Å². The zero-order valence-corrected chi connectivity index (χ0v) is 19.8. The van der Waals surface area contributed by atoms with E-state index in [1.807, 2.05) is 54.6 Å². The van der Waals surface area contributed by atoms with Crippen molar-refractivity contribution in [2.24, 2.45) is 0 Å². The van der Waals surface area contributed by atoms with Crippen LogP contribution < -0.4 is 9.47 Å². The Morgan fingerprint density at radius 1 is 0.941 bits per heavy atom. The summed E-state index contributed by atoms with van der Waals surface area (Å²) in [5.41, 5.74) is 2.25. The predicted molar refractivity (Wildman–Crippen MR) is 131 cm³/mol. The first-order chi connectivity index (χ1) is 16.5. The van der Waals surface area contributed by atoms with Gasteiger partial charge in [-0.25, -0.2) is 0 Å². The molecule has 0 aromatic heterocycles. The van der Waals surface area contributed by atoms with E-state index in [-0.39, 0.29) is 11.3 Å². The fourth-order valence-corrected chi connectivity index (χ4v) is 4.79. The number of hydrogen-bond acceptors (Lipinski definition) is 5. The van der Waals surface area contributed by atoms with E-state index in [2.05, 4.69) is 15.9 Å². The number of aliphatic hydroxyl groups is 1. The molecule has 3 aromatic carbocycles. The molecule has 3 aromatic rings. The van der Waals surface area contributed by atoms with E-state index in [0.29, 0.717) is 43.2 Å². The summed E-state index contributed by atoms with van der Waals surface area (Å²) >= 11 is 3.48. The number of fused-ring (bicyclic) bond motifs is 1. The Kier molecular flexibility index (Phi) is 6.11. The first-order valence-corrected chi connectivity index (χ1v) is 11.8. The Balaban J connectivity index is 1.58. The smallest absolute Gasteiger partial charge is 0.295 e. The third-order valence-corrected chi connectivity index (χ3v) is 6.50. The monoisotopic (exact) mass is 519 g/mol. The minimum absolute atomic E-state index is 0.0628. The second-order valence-corrected chi connectivity index (χ2v) is 9.06. The molecule has 172 valence electrons. The summed E-state index contributed by atoms with van der Waals surface area (Å²) in [6.45, 7) is 1.19. The molecule has 6 nitrogen and oxygen atoms in total. The van der Waals surface area contributed by atoms with Crippen LogP contribution in [-0.2, 0) is 16.0 Å². The minimum Gasteiger partial charge on any atom is -0.507 e.